The van der Waals surface area contributed by atoms with Crippen molar-refractivity contribution in [2.45, 2.75) is 71.8 Å². The molecule has 0 aromatic heterocycles. The first-order valence-corrected chi connectivity index (χ1v) is 12.5. The van der Waals surface area contributed by atoms with E-state index >= 15 is 0 Å². The molecule has 8 nitrogen and oxygen atoms in total. The zero-order chi connectivity index (χ0) is 25.4. The summed E-state index contributed by atoms with van der Waals surface area (Å²) in [6.07, 6.45) is 13.5. The van der Waals surface area contributed by atoms with Gasteiger partial charge in [-0.1, -0.05) is 37.2 Å². The molecule has 0 spiro atoms. The fraction of sp³-hybridized carbons (Fsp3) is 0.593. The molecule has 1 aliphatic carbocycles. The second-order valence-corrected chi connectivity index (χ2v) is 10.1. The van der Waals surface area contributed by atoms with Gasteiger partial charge in [-0.15, -0.1) is 0 Å². The summed E-state index contributed by atoms with van der Waals surface area (Å²) in [5.74, 6) is -0.787. The molecule has 2 unspecified atom stereocenters. The number of hydrogen-bond acceptors (Lipinski definition) is 7. The molecule has 3 aliphatic rings. The van der Waals surface area contributed by atoms with E-state index in [0.717, 1.165) is 38.8 Å². The van der Waals surface area contributed by atoms with Gasteiger partial charge in [0.2, 0.25) is 0 Å². The Morgan fingerprint density at radius 1 is 1.17 bits per heavy atom. The molecular weight excluding hydrogens is 448 g/mol. The summed E-state index contributed by atoms with van der Waals surface area (Å²) in [6.45, 7) is 7.00. The van der Waals surface area contributed by atoms with Gasteiger partial charge in [0.05, 0.1) is 17.0 Å². The van der Waals surface area contributed by atoms with Crippen molar-refractivity contribution in [3.8, 4) is 0 Å². The van der Waals surface area contributed by atoms with Crippen LogP contribution in [-0.4, -0.2) is 58.5 Å². The second-order valence-electron chi connectivity index (χ2n) is 10.1. The van der Waals surface area contributed by atoms with Crippen molar-refractivity contribution in [1.29, 1.82) is 0 Å². The summed E-state index contributed by atoms with van der Waals surface area (Å²) in [6, 6.07) is 0. The Morgan fingerprint density at radius 3 is 2.66 bits per heavy atom. The summed E-state index contributed by atoms with van der Waals surface area (Å²) in [7, 11) is 0. The number of hydrogen-bond donors (Lipinski definition) is 2. The number of piperidine rings is 1. The number of cyclic esters (lactones) is 1. The third-order valence-corrected chi connectivity index (χ3v) is 6.65. The first-order valence-electron chi connectivity index (χ1n) is 12.5. The molecule has 3 rings (SSSR count). The highest BCUT2D eigenvalue weighted by atomic mass is 16.6. The van der Waals surface area contributed by atoms with E-state index in [1.54, 1.807) is 11.8 Å². The lowest BCUT2D eigenvalue weighted by Gasteiger charge is -2.34. The van der Waals surface area contributed by atoms with Crippen LogP contribution >= 0.6 is 0 Å². The van der Waals surface area contributed by atoms with Crippen LogP contribution in [0.15, 0.2) is 52.6 Å². The first kappa shape index (κ1) is 26.6. The van der Waals surface area contributed by atoms with Crippen molar-refractivity contribution >= 4 is 17.6 Å². The maximum Gasteiger partial charge on any atom is 0.338 e. The number of aliphatic hydroxyl groups is 2. The molecule has 8 heteroatoms. The highest BCUT2D eigenvalue weighted by Crippen LogP contribution is 2.43. The second kappa shape index (κ2) is 12.1. The molecule has 3 atom stereocenters. The lowest BCUT2D eigenvalue weighted by Crippen LogP contribution is -2.37. The van der Waals surface area contributed by atoms with Crippen molar-refractivity contribution in [1.82, 2.24) is 4.90 Å². The largest absolute Gasteiger partial charge is 0.512 e. The summed E-state index contributed by atoms with van der Waals surface area (Å²) in [4.78, 5) is 32.8. The van der Waals surface area contributed by atoms with Gasteiger partial charge in [0.25, 0.3) is 5.91 Å². The number of carbonyl (C=O) groups excluding carboxylic acids is 2. The summed E-state index contributed by atoms with van der Waals surface area (Å²) < 4.78 is 5.63. The number of allylic oxidation sites excluding steroid dienone is 5. The van der Waals surface area contributed by atoms with E-state index in [1.807, 2.05) is 25.2 Å². The van der Waals surface area contributed by atoms with E-state index in [4.69, 9.17) is 9.57 Å². The molecule has 0 bridgehead atoms. The molecule has 35 heavy (non-hydrogen) atoms. The minimum atomic E-state index is -0.977. The third kappa shape index (κ3) is 7.47. The van der Waals surface area contributed by atoms with Crippen LogP contribution in [0, 0.1) is 11.3 Å². The minimum Gasteiger partial charge on any atom is -0.512 e. The molecule has 1 amide bonds. The first-order chi connectivity index (χ1) is 16.7. The van der Waals surface area contributed by atoms with Gasteiger partial charge >= 0.3 is 5.97 Å². The average molecular weight is 487 g/mol. The minimum absolute atomic E-state index is 0.0307. The third-order valence-electron chi connectivity index (χ3n) is 6.65. The summed E-state index contributed by atoms with van der Waals surface area (Å²) in [5, 5.41) is 25.1. The predicted molar refractivity (Wildman–Crippen MR) is 134 cm³/mol. The molecule has 2 aliphatic heterocycles. The number of carbonyl (C=O) groups is 2. The van der Waals surface area contributed by atoms with E-state index in [9.17, 15) is 19.8 Å². The van der Waals surface area contributed by atoms with E-state index < -0.39 is 11.4 Å². The van der Waals surface area contributed by atoms with Crippen molar-refractivity contribution < 1.29 is 29.4 Å². The quantitative estimate of drug-likeness (QED) is 0.334. The Kier molecular flexibility index (Phi) is 9.18. The van der Waals surface area contributed by atoms with Gasteiger partial charge in [-0.05, 0) is 44.6 Å². The molecule has 2 N–H and O–H groups in total. The SMILES string of the molecule is CC1/C=C/C[C@@H](C)OC(=O)C2=C(O)C=C(O)CC2(C)CC(=N\OCC(=O)N2CCCCC2)/C=C/C1. The van der Waals surface area contributed by atoms with Crippen LogP contribution in [0.2, 0.25) is 0 Å². The molecule has 0 aromatic rings. The maximum atomic E-state index is 13.1. The van der Waals surface area contributed by atoms with Gasteiger partial charge < -0.3 is 24.7 Å². The zero-order valence-corrected chi connectivity index (χ0v) is 21.0. The molecule has 192 valence electrons. The molecule has 1 saturated heterocycles. The summed E-state index contributed by atoms with van der Waals surface area (Å²) in [5.41, 5.74) is -0.371. The average Bonchev–Trinajstić information content (AvgIpc) is 2.78. The monoisotopic (exact) mass is 486 g/mol. The molecule has 0 aromatic carbocycles. The van der Waals surface area contributed by atoms with Crippen LogP contribution in [-0.2, 0) is 19.2 Å². The Morgan fingerprint density at radius 2 is 1.91 bits per heavy atom. The lowest BCUT2D eigenvalue weighted by molar-refractivity contribution is -0.145. The number of fused-ring (bicyclic) bond motifs is 1. The van der Waals surface area contributed by atoms with Crippen LogP contribution in [0.5, 0.6) is 0 Å². The highest BCUT2D eigenvalue weighted by Gasteiger charge is 2.42. The van der Waals surface area contributed by atoms with E-state index in [1.165, 1.54) is 6.08 Å². The number of amides is 1. The molecule has 2 heterocycles. The summed E-state index contributed by atoms with van der Waals surface area (Å²) >= 11 is 0. The van der Waals surface area contributed by atoms with Gasteiger partial charge in [-0.3, -0.25) is 4.79 Å². The normalized spacial score (nSPS) is 31.6. The fourth-order valence-electron chi connectivity index (χ4n) is 4.80. The van der Waals surface area contributed by atoms with Crippen LogP contribution in [0.3, 0.4) is 0 Å². The topological polar surface area (TPSA) is 109 Å². The number of ether oxygens (including phenoxy) is 1. The zero-order valence-electron chi connectivity index (χ0n) is 21.0. The number of oxime groups is 1. The molecule has 0 saturated carbocycles. The van der Waals surface area contributed by atoms with Crippen molar-refractivity contribution in [2.24, 2.45) is 16.5 Å². The Bertz CT molecular complexity index is 941. The highest BCUT2D eigenvalue weighted by molar-refractivity contribution is 5.98. The smallest absolute Gasteiger partial charge is 0.338 e. The molecular formula is C27H38N2O6. The Balaban J connectivity index is 1.86. The van der Waals surface area contributed by atoms with Gasteiger partial charge in [-0.2, -0.15) is 0 Å². The van der Waals surface area contributed by atoms with E-state index in [0.29, 0.717) is 12.1 Å². The van der Waals surface area contributed by atoms with Gasteiger partial charge in [0.15, 0.2) is 6.61 Å². The van der Waals surface area contributed by atoms with Gasteiger partial charge in [-0.25, -0.2) is 4.79 Å². The van der Waals surface area contributed by atoms with Crippen molar-refractivity contribution in [2.75, 3.05) is 19.7 Å². The van der Waals surface area contributed by atoms with E-state index in [2.05, 4.69) is 18.2 Å². The van der Waals surface area contributed by atoms with Crippen LogP contribution < -0.4 is 0 Å². The standard InChI is InChI=1S/C27H38N2O6/c1-19-9-7-11-20(2)35-26(33)25-23(31)15-22(30)17-27(25,3)16-21(12-8-10-19)28-34-18-24(32)29-13-5-4-6-14-29/h7-9,12,15,19-20,30-31H,4-6,10-11,13-14,16-18H2,1-3H3/b9-7+,12-8+,28-21-/t19?,20-,27?/m1/s1. The van der Waals surface area contributed by atoms with Crippen molar-refractivity contribution in [3.05, 3.63) is 47.5 Å². The Labute approximate surface area is 207 Å². The van der Waals surface area contributed by atoms with Crippen LogP contribution in [0.25, 0.3) is 0 Å². The number of likely N-dealkylation sites (tertiary alicyclic amines) is 1. The molecule has 0 radical (unpaired) electrons. The fourth-order valence-corrected chi connectivity index (χ4v) is 4.80. The van der Waals surface area contributed by atoms with Crippen LogP contribution in [0.4, 0.5) is 0 Å². The van der Waals surface area contributed by atoms with Crippen LogP contribution in [0.1, 0.15) is 65.7 Å². The maximum absolute atomic E-state index is 13.1. The number of esters is 1. The van der Waals surface area contributed by atoms with E-state index in [-0.39, 0.29) is 54.5 Å². The Hall–Kier alpha value is -3.03. The van der Waals surface area contributed by atoms with Crippen molar-refractivity contribution in [3.63, 3.8) is 0 Å². The predicted octanol–water partition coefficient (Wildman–Crippen LogP) is 4.90. The molecule has 1 fully saturated rings. The van der Waals surface area contributed by atoms with Gasteiger partial charge in [0, 0.05) is 43.8 Å². The number of aliphatic hydroxyl groups excluding tert-OH is 2. The van der Waals surface area contributed by atoms with Gasteiger partial charge in [0.1, 0.15) is 11.9 Å². The number of rotatable bonds is 3. The lowest BCUT2D eigenvalue weighted by atomic mass is 9.71. The number of nitrogens with zero attached hydrogens (tertiary/aromatic N) is 2.